The van der Waals surface area contributed by atoms with Crippen LogP contribution in [0.25, 0.3) is 33.8 Å². The third kappa shape index (κ3) is 11.8. The van der Waals surface area contributed by atoms with Gasteiger partial charge in [-0.05, 0) is 115 Å². The number of alkyl halides is 6. The van der Waals surface area contributed by atoms with Gasteiger partial charge in [-0.15, -0.1) is 5.10 Å². The average Bonchev–Trinajstić information content (AvgIpc) is 4.18. The minimum Gasteiger partial charge on any atom is -0.437 e. The molecule has 2 aliphatic carbocycles. The number of hydrogen-bond acceptors (Lipinski definition) is 9. The number of amides is 2. The maximum absolute atomic E-state index is 13.8. The second-order valence-corrected chi connectivity index (χ2v) is 17.5. The topological polar surface area (TPSA) is 152 Å². The number of carbonyl (C=O) groups excluding carboxylic acids is 2. The van der Waals surface area contributed by atoms with E-state index in [4.69, 9.17) is 4.74 Å². The summed E-state index contributed by atoms with van der Waals surface area (Å²) in [7, 11) is 0. The molecule has 0 bridgehead atoms. The number of halogens is 8. The number of nitrogens with one attached hydrogen (secondary N) is 4. The molecule has 2 amide bonds. The van der Waals surface area contributed by atoms with Crippen molar-refractivity contribution < 1.29 is 45.1 Å². The van der Waals surface area contributed by atoms with Gasteiger partial charge < -0.3 is 26.0 Å². The maximum atomic E-state index is 13.8. The molecule has 9 rings (SSSR count). The molecular weight excluding hydrogens is 965 g/mol. The van der Waals surface area contributed by atoms with Crippen LogP contribution in [-0.2, 0) is 0 Å². The van der Waals surface area contributed by atoms with Crippen molar-refractivity contribution in [3.8, 4) is 34.1 Å². The summed E-state index contributed by atoms with van der Waals surface area (Å²) < 4.78 is 98.9. The lowest BCUT2D eigenvalue weighted by Crippen LogP contribution is -2.26. The summed E-state index contributed by atoms with van der Waals surface area (Å²) in [5.41, 5.74) is 7.54. The van der Waals surface area contributed by atoms with Gasteiger partial charge in [-0.1, -0.05) is 18.2 Å². The number of ether oxygens (including phenoxy) is 1. The molecule has 13 nitrogen and oxygen atoms in total. The first-order valence-electron chi connectivity index (χ1n) is 21.6. The van der Waals surface area contributed by atoms with E-state index < -0.39 is 31.0 Å². The quantitative estimate of drug-likeness (QED) is 0.0780. The highest BCUT2D eigenvalue weighted by atomic mass is 79.9. The molecule has 2 saturated carbocycles. The molecule has 4 N–H and O–H groups in total. The van der Waals surface area contributed by atoms with Crippen LogP contribution in [0.1, 0.15) is 75.9 Å². The summed E-state index contributed by atoms with van der Waals surface area (Å²) in [5.74, 6) is -0.458. The molecule has 0 unspecified atom stereocenters. The Balaban J connectivity index is 0.000000189. The van der Waals surface area contributed by atoms with Crippen molar-refractivity contribution in [3.05, 3.63) is 117 Å². The lowest BCUT2D eigenvalue weighted by Gasteiger charge is -2.14. The summed E-state index contributed by atoms with van der Waals surface area (Å²) in [6.07, 6.45) is -3.40. The summed E-state index contributed by atoms with van der Waals surface area (Å²) in [4.78, 5) is 33.6. The Kier molecular flexibility index (Phi) is 13.6. The monoisotopic (exact) mass is 1010 g/mol. The number of fused-ring (bicyclic) bond motifs is 2. The lowest BCUT2D eigenvalue weighted by atomic mass is 10.0. The van der Waals surface area contributed by atoms with Crippen LogP contribution in [0.2, 0.25) is 0 Å². The molecule has 0 spiro atoms. The summed E-state index contributed by atoms with van der Waals surface area (Å²) in [6.45, 7) is 4.78. The Bertz CT molecular complexity index is 3020. The Labute approximate surface area is 393 Å². The number of rotatable bonds is 14. The highest BCUT2D eigenvalue weighted by Crippen LogP contribution is 2.33. The maximum Gasteiger partial charge on any atom is 0.390 e. The highest BCUT2D eigenvalue weighted by molar-refractivity contribution is 9.10. The van der Waals surface area contributed by atoms with Crippen molar-refractivity contribution in [3.63, 3.8) is 0 Å². The second-order valence-electron chi connectivity index (χ2n) is 16.7. The number of anilines is 2. The Hall–Kier alpha value is -6.77. The molecule has 0 atom stereocenters. The molecule has 68 heavy (non-hydrogen) atoms. The van der Waals surface area contributed by atoms with Gasteiger partial charge >= 0.3 is 12.4 Å². The van der Waals surface area contributed by atoms with Gasteiger partial charge in [0.1, 0.15) is 16.2 Å². The minimum absolute atomic E-state index is 0.0390. The van der Waals surface area contributed by atoms with Gasteiger partial charge in [0, 0.05) is 59.6 Å². The predicted molar refractivity (Wildman–Crippen MR) is 245 cm³/mol. The van der Waals surface area contributed by atoms with E-state index in [9.17, 15) is 40.3 Å². The van der Waals surface area contributed by atoms with Crippen LogP contribution in [0.5, 0.6) is 11.6 Å². The van der Waals surface area contributed by atoms with Crippen LogP contribution < -0.4 is 26.0 Å². The SMILES string of the molecule is Cc1cc(-c2cnc3c(NCCC(F)(F)F)cc(Br)nn23)ccc1C(=O)NC1CC1.Cc1ccc(F)cc1Oc1cc(NCCC(F)(F)F)c2ncc(-c3ccc(C(=O)NC4CC4)c(C)c3)n2n1. The van der Waals surface area contributed by atoms with Crippen molar-refractivity contribution in [1.29, 1.82) is 0 Å². The van der Waals surface area contributed by atoms with Crippen LogP contribution in [0.15, 0.2) is 83.7 Å². The van der Waals surface area contributed by atoms with Crippen molar-refractivity contribution in [2.45, 2.75) is 83.7 Å². The smallest absolute Gasteiger partial charge is 0.390 e. The number of imidazole rings is 2. The molecule has 2 fully saturated rings. The molecule has 2 aliphatic rings. The van der Waals surface area contributed by atoms with E-state index in [1.165, 1.54) is 22.7 Å². The Morgan fingerprint density at radius 1 is 0.662 bits per heavy atom. The van der Waals surface area contributed by atoms with E-state index in [1.54, 1.807) is 54.2 Å². The lowest BCUT2D eigenvalue weighted by molar-refractivity contribution is -0.132. The first kappa shape index (κ1) is 47.7. The third-order valence-electron chi connectivity index (χ3n) is 11.1. The van der Waals surface area contributed by atoms with Crippen molar-refractivity contribution >= 4 is 50.4 Å². The van der Waals surface area contributed by atoms with Gasteiger partial charge in [-0.2, -0.15) is 31.4 Å². The second kappa shape index (κ2) is 19.4. The normalized spacial score (nSPS) is 13.8. The summed E-state index contributed by atoms with van der Waals surface area (Å²) in [6, 6.07) is 18.4. The zero-order chi connectivity index (χ0) is 48.5. The predicted octanol–water partition coefficient (Wildman–Crippen LogP) is 10.9. The van der Waals surface area contributed by atoms with Crippen LogP contribution in [-0.4, -0.2) is 78.5 Å². The van der Waals surface area contributed by atoms with E-state index in [2.05, 4.69) is 57.4 Å². The molecule has 3 aromatic carbocycles. The fraction of sp³-hybridized carbons (Fsp3) is 0.319. The first-order chi connectivity index (χ1) is 32.3. The third-order valence-corrected chi connectivity index (χ3v) is 11.4. The molecule has 0 saturated heterocycles. The van der Waals surface area contributed by atoms with Gasteiger partial charge in [-0.3, -0.25) is 9.59 Å². The highest BCUT2D eigenvalue weighted by Gasteiger charge is 2.29. The van der Waals surface area contributed by atoms with Crippen molar-refractivity contribution in [2.24, 2.45) is 0 Å². The summed E-state index contributed by atoms with van der Waals surface area (Å²) >= 11 is 3.31. The fourth-order valence-electron chi connectivity index (χ4n) is 7.20. The number of aryl methyl sites for hydroxylation is 3. The number of hydrogen-bond donors (Lipinski definition) is 4. The van der Waals surface area contributed by atoms with Crippen LogP contribution in [0, 0.1) is 26.6 Å². The molecular formula is C47H44BrF7N10O3. The Morgan fingerprint density at radius 3 is 1.62 bits per heavy atom. The minimum atomic E-state index is -4.33. The van der Waals surface area contributed by atoms with E-state index in [0.717, 1.165) is 42.4 Å². The molecule has 356 valence electrons. The molecule has 0 radical (unpaired) electrons. The molecule has 7 aromatic rings. The molecule has 21 heteroatoms. The van der Waals surface area contributed by atoms with Crippen molar-refractivity contribution in [2.75, 3.05) is 23.7 Å². The van der Waals surface area contributed by atoms with Crippen LogP contribution in [0.3, 0.4) is 0 Å². The number of benzene rings is 3. The number of aromatic nitrogens is 6. The number of nitrogens with zero attached hydrogens (tertiary/aromatic N) is 6. The van der Waals surface area contributed by atoms with Gasteiger partial charge in [0.15, 0.2) is 11.3 Å². The zero-order valence-electron chi connectivity index (χ0n) is 36.7. The van der Waals surface area contributed by atoms with Gasteiger partial charge in [0.2, 0.25) is 5.88 Å². The van der Waals surface area contributed by atoms with E-state index in [-0.39, 0.29) is 54.3 Å². The van der Waals surface area contributed by atoms with Gasteiger partial charge in [0.25, 0.3) is 11.8 Å². The molecule has 4 aromatic heterocycles. The largest absolute Gasteiger partial charge is 0.437 e. The molecule has 4 heterocycles. The average molecular weight is 1010 g/mol. The number of carbonyl (C=O) groups is 2. The fourth-order valence-corrected chi connectivity index (χ4v) is 7.59. The van der Waals surface area contributed by atoms with Gasteiger partial charge in [-0.25, -0.2) is 23.4 Å². The molecule has 0 aliphatic heterocycles. The van der Waals surface area contributed by atoms with Crippen LogP contribution >= 0.6 is 15.9 Å². The zero-order valence-corrected chi connectivity index (χ0v) is 38.3. The first-order valence-corrected chi connectivity index (χ1v) is 22.4. The van der Waals surface area contributed by atoms with Crippen LogP contribution in [0.4, 0.5) is 42.1 Å². The van der Waals surface area contributed by atoms with E-state index >= 15 is 0 Å². The van der Waals surface area contributed by atoms with E-state index in [1.807, 2.05) is 32.0 Å². The van der Waals surface area contributed by atoms with Crippen molar-refractivity contribution in [1.82, 2.24) is 39.8 Å². The Morgan fingerprint density at radius 2 is 1.15 bits per heavy atom. The standard InChI is InChI=1S/C27H25F4N5O2.C20H19BrF3N5O/c1-15-3-5-18(28)12-23(15)38-24-13-21(32-10-9-27(29,30)31)25-33-14-22(36(25)35-24)17-4-8-20(16(2)11-17)26(37)34-19-6-7-19;1-11-8-12(2-5-14(11)19(30)27-13-3-4-13)16-10-26-18-15(9-17(21)28-29(16)18)25-7-6-20(22,23)24/h3-5,8,11-14,19,32H,6-7,9-10H2,1-2H3,(H,34,37);2,5,8-10,13,25H,3-4,6-7H2,1H3,(H,27,30). The van der Waals surface area contributed by atoms with Gasteiger partial charge in [0.05, 0.1) is 48.0 Å². The summed E-state index contributed by atoms with van der Waals surface area (Å²) in [5, 5.41) is 20.4. The van der Waals surface area contributed by atoms with E-state index in [0.29, 0.717) is 55.2 Å².